The highest BCUT2D eigenvalue weighted by Crippen LogP contribution is 1.92. The van der Waals surface area contributed by atoms with Gasteiger partial charge in [0.1, 0.15) is 0 Å². The fraction of sp³-hybridized carbons (Fsp3) is 0.769. The van der Waals surface area contributed by atoms with Crippen molar-refractivity contribution >= 4 is 6.21 Å². The molecule has 0 aliphatic carbocycles. The highest BCUT2D eigenvalue weighted by atomic mass is 15.1. The van der Waals surface area contributed by atoms with Gasteiger partial charge in [-0.3, -0.25) is 4.99 Å². The minimum atomic E-state index is 0.934. The molecule has 0 aromatic carbocycles. The molecule has 0 radical (unpaired) electrons. The third-order valence-electron chi connectivity index (χ3n) is 2.21. The number of unbranched alkanes of at least 4 members (excludes halogenated alkanes) is 1. The molecule has 0 rings (SSSR count). The SMILES string of the molecule is CCC=NCC/C=C/CN(C)CCCC. The van der Waals surface area contributed by atoms with Gasteiger partial charge in [0.15, 0.2) is 0 Å². The van der Waals surface area contributed by atoms with E-state index in [2.05, 4.69) is 42.9 Å². The molecule has 0 N–H and O–H groups in total. The van der Waals surface area contributed by atoms with E-state index in [0.29, 0.717) is 0 Å². The molecule has 0 heterocycles. The summed E-state index contributed by atoms with van der Waals surface area (Å²) in [5.41, 5.74) is 0. The quantitative estimate of drug-likeness (QED) is 0.324. The van der Waals surface area contributed by atoms with Gasteiger partial charge in [0.25, 0.3) is 0 Å². The molecule has 88 valence electrons. The molecule has 0 saturated carbocycles. The van der Waals surface area contributed by atoms with Crippen molar-refractivity contribution < 1.29 is 0 Å². The minimum absolute atomic E-state index is 0.934. The topological polar surface area (TPSA) is 15.6 Å². The Morgan fingerprint density at radius 2 is 2.00 bits per heavy atom. The molecule has 2 heteroatoms. The van der Waals surface area contributed by atoms with Crippen LogP contribution in [0, 0.1) is 0 Å². The molecule has 0 aliphatic rings. The first-order chi connectivity index (χ1) is 7.31. The van der Waals surface area contributed by atoms with Gasteiger partial charge < -0.3 is 4.90 Å². The Labute approximate surface area is 95.1 Å². The Kier molecular flexibility index (Phi) is 11.0. The zero-order valence-corrected chi connectivity index (χ0v) is 10.6. The van der Waals surface area contributed by atoms with E-state index in [0.717, 1.165) is 25.9 Å². The van der Waals surface area contributed by atoms with Crippen LogP contribution >= 0.6 is 0 Å². The maximum Gasteiger partial charge on any atom is 0.0419 e. The van der Waals surface area contributed by atoms with Crippen molar-refractivity contribution in [1.82, 2.24) is 4.90 Å². The molecule has 0 spiro atoms. The van der Waals surface area contributed by atoms with Gasteiger partial charge in [-0.1, -0.05) is 32.4 Å². The lowest BCUT2D eigenvalue weighted by Gasteiger charge is -2.12. The molecule has 0 aromatic rings. The third-order valence-corrected chi connectivity index (χ3v) is 2.21. The Bertz CT molecular complexity index is 173. The zero-order chi connectivity index (χ0) is 11.4. The molecular formula is C13H26N2. The zero-order valence-electron chi connectivity index (χ0n) is 10.6. The summed E-state index contributed by atoms with van der Waals surface area (Å²) in [4.78, 5) is 6.62. The van der Waals surface area contributed by atoms with Crippen molar-refractivity contribution in [3.8, 4) is 0 Å². The molecule has 0 amide bonds. The van der Waals surface area contributed by atoms with E-state index >= 15 is 0 Å². The van der Waals surface area contributed by atoms with E-state index in [-0.39, 0.29) is 0 Å². The molecule has 0 unspecified atom stereocenters. The van der Waals surface area contributed by atoms with Gasteiger partial charge in [-0.2, -0.15) is 0 Å². The second-order valence-electron chi connectivity index (χ2n) is 3.87. The molecule has 2 nitrogen and oxygen atoms in total. The van der Waals surface area contributed by atoms with Crippen LogP contribution in [0.2, 0.25) is 0 Å². The Morgan fingerprint density at radius 1 is 1.20 bits per heavy atom. The van der Waals surface area contributed by atoms with E-state index in [9.17, 15) is 0 Å². The van der Waals surface area contributed by atoms with Crippen molar-refractivity contribution in [1.29, 1.82) is 0 Å². The predicted molar refractivity (Wildman–Crippen MR) is 69.8 cm³/mol. The highest BCUT2D eigenvalue weighted by Gasteiger charge is 1.92. The fourth-order valence-corrected chi connectivity index (χ4v) is 1.26. The van der Waals surface area contributed by atoms with Gasteiger partial charge >= 0.3 is 0 Å². The molecule has 0 fully saturated rings. The molecular weight excluding hydrogens is 184 g/mol. The summed E-state index contributed by atoms with van der Waals surface area (Å²) in [6.07, 6.45) is 11.2. The number of likely N-dealkylation sites (N-methyl/N-ethyl adjacent to an activating group) is 1. The number of nitrogens with zero attached hydrogens (tertiary/aromatic N) is 2. The normalized spacial score (nSPS) is 12.3. The van der Waals surface area contributed by atoms with E-state index in [1.807, 2.05) is 6.21 Å². The molecule has 0 atom stereocenters. The first kappa shape index (κ1) is 14.4. The second kappa shape index (κ2) is 11.4. The first-order valence-electron chi connectivity index (χ1n) is 6.13. The molecule has 15 heavy (non-hydrogen) atoms. The van der Waals surface area contributed by atoms with Crippen LogP contribution in [0.25, 0.3) is 0 Å². The predicted octanol–water partition coefficient (Wildman–Crippen LogP) is 3.15. The maximum atomic E-state index is 4.27. The van der Waals surface area contributed by atoms with E-state index in [4.69, 9.17) is 0 Å². The van der Waals surface area contributed by atoms with Gasteiger partial charge in [-0.05, 0) is 39.1 Å². The Balaban J connectivity index is 3.33. The molecule has 0 aliphatic heterocycles. The van der Waals surface area contributed by atoms with Gasteiger partial charge in [-0.15, -0.1) is 0 Å². The first-order valence-corrected chi connectivity index (χ1v) is 6.13. The lowest BCUT2D eigenvalue weighted by atomic mass is 10.3. The molecule has 0 bridgehead atoms. The molecule has 0 saturated heterocycles. The van der Waals surface area contributed by atoms with Crippen molar-refractivity contribution in [2.45, 2.75) is 39.5 Å². The molecule has 0 aromatic heterocycles. The van der Waals surface area contributed by atoms with Gasteiger partial charge in [0, 0.05) is 13.1 Å². The lowest BCUT2D eigenvalue weighted by molar-refractivity contribution is 0.362. The summed E-state index contributed by atoms with van der Waals surface area (Å²) in [5, 5.41) is 0. The van der Waals surface area contributed by atoms with Gasteiger partial charge in [0.05, 0.1) is 0 Å². The average Bonchev–Trinajstić information content (AvgIpc) is 2.25. The van der Waals surface area contributed by atoms with Crippen LogP contribution in [0.5, 0.6) is 0 Å². The fourth-order valence-electron chi connectivity index (χ4n) is 1.26. The van der Waals surface area contributed by atoms with E-state index in [1.54, 1.807) is 0 Å². The van der Waals surface area contributed by atoms with Crippen LogP contribution in [0.4, 0.5) is 0 Å². The summed E-state index contributed by atoms with van der Waals surface area (Å²) in [5.74, 6) is 0. The Hall–Kier alpha value is -0.630. The number of hydrogen-bond acceptors (Lipinski definition) is 2. The van der Waals surface area contributed by atoms with Crippen LogP contribution in [-0.4, -0.2) is 37.8 Å². The van der Waals surface area contributed by atoms with Crippen molar-refractivity contribution in [3.63, 3.8) is 0 Å². The summed E-state index contributed by atoms with van der Waals surface area (Å²) >= 11 is 0. The number of hydrogen-bond donors (Lipinski definition) is 0. The van der Waals surface area contributed by atoms with E-state index < -0.39 is 0 Å². The summed E-state index contributed by atoms with van der Waals surface area (Å²) in [6, 6.07) is 0. The number of rotatable bonds is 9. The lowest BCUT2D eigenvalue weighted by Crippen LogP contribution is -2.19. The maximum absolute atomic E-state index is 4.27. The van der Waals surface area contributed by atoms with E-state index in [1.165, 1.54) is 19.4 Å². The van der Waals surface area contributed by atoms with Crippen molar-refractivity contribution in [2.24, 2.45) is 4.99 Å². The van der Waals surface area contributed by atoms with Gasteiger partial charge in [-0.25, -0.2) is 0 Å². The van der Waals surface area contributed by atoms with Crippen LogP contribution < -0.4 is 0 Å². The highest BCUT2D eigenvalue weighted by molar-refractivity contribution is 5.56. The summed E-state index contributed by atoms with van der Waals surface area (Å²) in [6.45, 7) is 7.55. The van der Waals surface area contributed by atoms with Crippen LogP contribution in [0.3, 0.4) is 0 Å². The van der Waals surface area contributed by atoms with Crippen LogP contribution in [0.1, 0.15) is 39.5 Å². The monoisotopic (exact) mass is 210 g/mol. The smallest absolute Gasteiger partial charge is 0.0419 e. The standard InChI is InChI=1S/C13H26N2/c1-4-6-12-15(3)13-9-7-8-11-14-10-5-2/h7,9-10H,4-6,8,11-13H2,1-3H3/b9-7+,14-10?. The Morgan fingerprint density at radius 3 is 2.67 bits per heavy atom. The average molecular weight is 210 g/mol. The van der Waals surface area contributed by atoms with Gasteiger partial charge in [0.2, 0.25) is 0 Å². The van der Waals surface area contributed by atoms with Crippen LogP contribution in [0.15, 0.2) is 17.1 Å². The second-order valence-corrected chi connectivity index (χ2v) is 3.87. The van der Waals surface area contributed by atoms with Crippen LogP contribution in [-0.2, 0) is 0 Å². The number of aliphatic imine (C=N–C) groups is 1. The largest absolute Gasteiger partial charge is 0.303 e. The summed E-state index contributed by atoms with van der Waals surface area (Å²) in [7, 11) is 2.18. The third kappa shape index (κ3) is 11.3. The van der Waals surface area contributed by atoms with Crippen molar-refractivity contribution in [2.75, 3.05) is 26.7 Å². The summed E-state index contributed by atoms with van der Waals surface area (Å²) < 4.78 is 0. The minimum Gasteiger partial charge on any atom is -0.303 e. The van der Waals surface area contributed by atoms with Crippen molar-refractivity contribution in [3.05, 3.63) is 12.2 Å².